The third kappa shape index (κ3) is 1.10. The molecule has 0 aromatic carbocycles. The van der Waals surface area contributed by atoms with Crippen molar-refractivity contribution in [3.05, 3.63) is 21.9 Å². The first-order valence-electron chi connectivity index (χ1n) is 4.11. The lowest BCUT2D eigenvalue weighted by Gasteiger charge is -2.13. The average molecular weight is 167 g/mol. The number of fused-ring (bicyclic) bond motifs is 1. The second-order valence-electron chi connectivity index (χ2n) is 3.31. The molecule has 1 aliphatic carbocycles. The predicted octanol–water partition coefficient (Wildman–Crippen LogP) is 2.13. The van der Waals surface area contributed by atoms with Gasteiger partial charge in [-0.15, -0.1) is 11.3 Å². The van der Waals surface area contributed by atoms with Gasteiger partial charge in [-0.2, -0.15) is 0 Å². The molecule has 0 aliphatic heterocycles. The van der Waals surface area contributed by atoms with Crippen molar-refractivity contribution in [3.8, 4) is 0 Å². The molecule has 0 amide bonds. The monoisotopic (exact) mass is 167 g/mol. The zero-order valence-corrected chi connectivity index (χ0v) is 7.53. The van der Waals surface area contributed by atoms with Gasteiger partial charge < -0.3 is 5.73 Å². The summed E-state index contributed by atoms with van der Waals surface area (Å²) < 4.78 is 0. The van der Waals surface area contributed by atoms with E-state index < -0.39 is 0 Å². The Labute approximate surface area is 71.2 Å². The van der Waals surface area contributed by atoms with Gasteiger partial charge >= 0.3 is 0 Å². The maximum atomic E-state index is 5.88. The highest BCUT2D eigenvalue weighted by Gasteiger charge is 2.25. The van der Waals surface area contributed by atoms with Crippen LogP contribution in [-0.2, 0) is 6.42 Å². The lowest BCUT2D eigenvalue weighted by molar-refractivity contribution is 0.570. The molecule has 60 valence electrons. The third-order valence-corrected chi connectivity index (χ3v) is 3.57. The van der Waals surface area contributed by atoms with Crippen molar-refractivity contribution in [3.63, 3.8) is 0 Å². The standard InChI is InChI=1S/C9H13NS/c1-6(10)8-3-2-7-4-5-11-9(7)8/h4-6,8H,2-3,10H2,1H3. The highest BCUT2D eigenvalue weighted by atomic mass is 32.1. The van der Waals surface area contributed by atoms with Crippen LogP contribution in [0.2, 0.25) is 0 Å². The van der Waals surface area contributed by atoms with Crippen LogP contribution in [0.15, 0.2) is 11.4 Å². The predicted molar refractivity (Wildman–Crippen MR) is 49.0 cm³/mol. The smallest absolute Gasteiger partial charge is 0.0124 e. The quantitative estimate of drug-likeness (QED) is 0.681. The Hall–Kier alpha value is -0.340. The molecule has 0 bridgehead atoms. The first-order valence-corrected chi connectivity index (χ1v) is 4.99. The lowest BCUT2D eigenvalue weighted by Crippen LogP contribution is -2.22. The van der Waals surface area contributed by atoms with Gasteiger partial charge in [0.1, 0.15) is 0 Å². The lowest BCUT2D eigenvalue weighted by atomic mass is 10.0. The van der Waals surface area contributed by atoms with Crippen molar-refractivity contribution in [1.82, 2.24) is 0 Å². The number of hydrogen-bond acceptors (Lipinski definition) is 2. The van der Waals surface area contributed by atoms with Gasteiger partial charge in [0.15, 0.2) is 0 Å². The molecule has 1 nitrogen and oxygen atoms in total. The van der Waals surface area contributed by atoms with Gasteiger partial charge in [0.25, 0.3) is 0 Å². The van der Waals surface area contributed by atoms with E-state index in [1.807, 2.05) is 11.3 Å². The number of nitrogens with two attached hydrogens (primary N) is 1. The molecule has 0 spiro atoms. The average Bonchev–Trinajstić information content (AvgIpc) is 2.41. The number of rotatable bonds is 1. The van der Waals surface area contributed by atoms with E-state index in [1.165, 1.54) is 18.4 Å². The minimum absolute atomic E-state index is 0.329. The van der Waals surface area contributed by atoms with E-state index in [9.17, 15) is 0 Å². The van der Waals surface area contributed by atoms with Crippen molar-refractivity contribution in [2.24, 2.45) is 5.73 Å². The van der Waals surface area contributed by atoms with Gasteiger partial charge in [0.05, 0.1) is 0 Å². The molecule has 0 fully saturated rings. The molecule has 0 radical (unpaired) electrons. The summed E-state index contributed by atoms with van der Waals surface area (Å²) >= 11 is 1.87. The Balaban J connectivity index is 2.31. The SMILES string of the molecule is CC(N)C1CCc2ccsc21. The summed E-state index contributed by atoms with van der Waals surface area (Å²) in [5.74, 6) is 0.644. The van der Waals surface area contributed by atoms with Gasteiger partial charge in [0.2, 0.25) is 0 Å². The Bertz CT molecular complexity index is 252. The van der Waals surface area contributed by atoms with E-state index in [2.05, 4.69) is 18.4 Å². The molecular formula is C9H13NS. The number of aryl methyl sites for hydroxylation is 1. The fraction of sp³-hybridized carbons (Fsp3) is 0.556. The summed E-state index contributed by atoms with van der Waals surface area (Å²) in [5, 5.41) is 2.18. The molecule has 1 aromatic rings. The summed E-state index contributed by atoms with van der Waals surface area (Å²) in [5.41, 5.74) is 7.42. The number of hydrogen-bond donors (Lipinski definition) is 1. The van der Waals surface area contributed by atoms with Crippen molar-refractivity contribution in [2.45, 2.75) is 31.7 Å². The summed E-state index contributed by atoms with van der Waals surface area (Å²) in [6, 6.07) is 2.57. The molecule has 2 N–H and O–H groups in total. The molecule has 1 heterocycles. The van der Waals surface area contributed by atoms with Crippen LogP contribution in [0.1, 0.15) is 29.7 Å². The van der Waals surface area contributed by atoms with Crippen molar-refractivity contribution < 1.29 is 0 Å². The van der Waals surface area contributed by atoms with E-state index in [0.29, 0.717) is 12.0 Å². The van der Waals surface area contributed by atoms with Gasteiger partial charge in [0, 0.05) is 16.8 Å². The first kappa shape index (κ1) is 7.32. The zero-order chi connectivity index (χ0) is 7.84. The summed E-state index contributed by atoms with van der Waals surface area (Å²) in [6.07, 6.45) is 2.50. The fourth-order valence-corrected chi connectivity index (χ4v) is 3.03. The Morgan fingerprint density at radius 3 is 3.27 bits per heavy atom. The van der Waals surface area contributed by atoms with Gasteiger partial charge in [-0.1, -0.05) is 0 Å². The molecule has 2 heteroatoms. The van der Waals surface area contributed by atoms with Crippen molar-refractivity contribution in [2.75, 3.05) is 0 Å². The second kappa shape index (κ2) is 2.61. The minimum atomic E-state index is 0.329. The normalized spacial score (nSPS) is 25.1. The van der Waals surface area contributed by atoms with Crippen LogP contribution in [0.3, 0.4) is 0 Å². The van der Waals surface area contributed by atoms with E-state index in [4.69, 9.17) is 5.73 Å². The molecule has 1 aromatic heterocycles. The van der Waals surface area contributed by atoms with Crippen molar-refractivity contribution in [1.29, 1.82) is 0 Å². The summed E-state index contributed by atoms with van der Waals surface area (Å²) in [4.78, 5) is 1.54. The molecule has 2 rings (SSSR count). The highest BCUT2D eigenvalue weighted by molar-refractivity contribution is 7.10. The van der Waals surface area contributed by atoms with Gasteiger partial charge in [-0.05, 0) is 36.8 Å². The molecule has 0 saturated heterocycles. The van der Waals surface area contributed by atoms with E-state index in [-0.39, 0.29) is 0 Å². The van der Waals surface area contributed by atoms with Crippen LogP contribution in [0.4, 0.5) is 0 Å². The van der Waals surface area contributed by atoms with Gasteiger partial charge in [-0.25, -0.2) is 0 Å². The maximum Gasteiger partial charge on any atom is 0.0124 e. The van der Waals surface area contributed by atoms with E-state index >= 15 is 0 Å². The summed E-state index contributed by atoms with van der Waals surface area (Å²) in [6.45, 7) is 2.11. The topological polar surface area (TPSA) is 26.0 Å². The molecule has 2 atom stereocenters. The highest BCUT2D eigenvalue weighted by Crippen LogP contribution is 2.38. The fourth-order valence-electron chi connectivity index (χ4n) is 1.82. The first-order chi connectivity index (χ1) is 5.29. The molecule has 1 aliphatic rings. The Kier molecular flexibility index (Phi) is 1.74. The minimum Gasteiger partial charge on any atom is -0.327 e. The largest absolute Gasteiger partial charge is 0.327 e. The number of thiophene rings is 1. The second-order valence-corrected chi connectivity index (χ2v) is 4.26. The van der Waals surface area contributed by atoms with Crippen LogP contribution in [0.25, 0.3) is 0 Å². The van der Waals surface area contributed by atoms with Crippen LogP contribution < -0.4 is 5.73 Å². The van der Waals surface area contributed by atoms with Crippen LogP contribution in [0, 0.1) is 0 Å². The van der Waals surface area contributed by atoms with Crippen LogP contribution in [-0.4, -0.2) is 6.04 Å². The molecular weight excluding hydrogens is 154 g/mol. The van der Waals surface area contributed by atoms with Gasteiger partial charge in [-0.3, -0.25) is 0 Å². The molecule has 11 heavy (non-hydrogen) atoms. The van der Waals surface area contributed by atoms with E-state index in [0.717, 1.165) is 0 Å². The van der Waals surface area contributed by atoms with E-state index in [1.54, 1.807) is 4.88 Å². The maximum absolute atomic E-state index is 5.88. The zero-order valence-electron chi connectivity index (χ0n) is 6.71. The summed E-state index contributed by atoms with van der Waals surface area (Å²) in [7, 11) is 0. The van der Waals surface area contributed by atoms with Crippen molar-refractivity contribution >= 4 is 11.3 Å². The third-order valence-electron chi connectivity index (χ3n) is 2.48. The molecule has 2 unspecified atom stereocenters. The molecule has 0 saturated carbocycles. The van der Waals surface area contributed by atoms with Crippen LogP contribution in [0.5, 0.6) is 0 Å². The Morgan fingerprint density at radius 1 is 1.73 bits per heavy atom. The Morgan fingerprint density at radius 2 is 2.55 bits per heavy atom. The van der Waals surface area contributed by atoms with Crippen LogP contribution >= 0.6 is 11.3 Å².